The molecule has 1 aromatic heterocycles. The van der Waals surface area contributed by atoms with Crippen LogP contribution in [0.5, 0.6) is 0 Å². The van der Waals surface area contributed by atoms with E-state index >= 15 is 0 Å². The molecule has 3 heterocycles. The van der Waals surface area contributed by atoms with Crippen LogP contribution >= 0.6 is 11.3 Å². The van der Waals surface area contributed by atoms with Crippen molar-refractivity contribution in [3.05, 3.63) is 22.8 Å². The summed E-state index contributed by atoms with van der Waals surface area (Å²) in [7, 11) is 1.61. The van der Waals surface area contributed by atoms with Crippen molar-refractivity contribution in [1.82, 2.24) is 10.3 Å². The van der Waals surface area contributed by atoms with E-state index < -0.39 is 5.97 Å². The lowest BCUT2D eigenvalue weighted by atomic mass is 10.0. The van der Waals surface area contributed by atoms with Gasteiger partial charge in [-0.2, -0.15) is 0 Å². The number of aromatic carboxylic acids is 1. The fourth-order valence-electron chi connectivity index (χ4n) is 2.94. The number of ether oxygens (including phenoxy) is 1. The molecule has 0 radical (unpaired) electrons. The van der Waals surface area contributed by atoms with Crippen LogP contribution in [0.1, 0.15) is 29.4 Å². The van der Waals surface area contributed by atoms with Crippen molar-refractivity contribution in [2.24, 2.45) is 4.99 Å². The number of aliphatic imine (C=N–C) groups is 1. The Bertz CT molecular complexity index is 742. The van der Waals surface area contributed by atoms with Crippen LogP contribution in [0.4, 0.5) is 5.13 Å². The molecule has 0 bridgehead atoms. The lowest BCUT2D eigenvalue weighted by Gasteiger charge is -2.37. The van der Waals surface area contributed by atoms with Gasteiger partial charge in [-0.25, -0.2) is 9.78 Å². The maximum Gasteiger partial charge on any atom is 0.347 e. The van der Waals surface area contributed by atoms with E-state index in [0.29, 0.717) is 36.8 Å². The molecule has 0 aliphatic carbocycles. The van der Waals surface area contributed by atoms with Crippen LogP contribution < -0.4 is 10.2 Å². The minimum absolute atomic E-state index is 0.115. The second-order valence-corrected chi connectivity index (χ2v) is 7.14. The number of hydrogen-bond acceptors (Lipinski definition) is 7. The minimum Gasteiger partial charge on any atom is -0.477 e. The number of methoxy groups -OCH3 is 1. The number of nitrogens with zero attached hydrogens (tertiary/aromatic N) is 3. The van der Waals surface area contributed by atoms with E-state index in [4.69, 9.17) is 9.84 Å². The number of carboxylic acids is 1. The number of thiazole rings is 1. The molecule has 2 aliphatic rings. The summed E-state index contributed by atoms with van der Waals surface area (Å²) >= 11 is 1.14. The fourth-order valence-corrected chi connectivity index (χ4v) is 3.73. The van der Waals surface area contributed by atoms with E-state index in [-0.39, 0.29) is 22.9 Å². The molecule has 0 spiro atoms. The third kappa shape index (κ3) is 3.88. The highest BCUT2D eigenvalue weighted by Gasteiger charge is 2.32. The van der Waals surface area contributed by atoms with Gasteiger partial charge >= 0.3 is 5.97 Å². The first-order valence-electron chi connectivity index (χ1n) is 7.98. The average Bonchev–Trinajstić information content (AvgIpc) is 3.24. The van der Waals surface area contributed by atoms with Gasteiger partial charge in [0.25, 0.3) is 5.91 Å². The quantitative estimate of drug-likeness (QED) is 0.816. The van der Waals surface area contributed by atoms with Crippen molar-refractivity contribution in [1.29, 1.82) is 0 Å². The van der Waals surface area contributed by atoms with Crippen LogP contribution in [-0.4, -0.2) is 60.0 Å². The molecule has 0 aromatic carbocycles. The summed E-state index contributed by atoms with van der Waals surface area (Å²) in [6, 6.07) is -0.115. The summed E-state index contributed by atoms with van der Waals surface area (Å²) in [4.78, 5) is 33.9. The molecule has 9 heteroatoms. The average molecular weight is 364 g/mol. The number of rotatable bonds is 5. The van der Waals surface area contributed by atoms with E-state index in [1.54, 1.807) is 13.3 Å². The molecule has 25 heavy (non-hydrogen) atoms. The van der Waals surface area contributed by atoms with Gasteiger partial charge in [0.15, 0.2) is 5.13 Å². The van der Waals surface area contributed by atoms with Gasteiger partial charge in [0.1, 0.15) is 10.6 Å². The molecular formula is C16H20N4O4S. The Morgan fingerprint density at radius 3 is 2.88 bits per heavy atom. The Labute approximate surface area is 149 Å². The van der Waals surface area contributed by atoms with E-state index in [1.807, 2.05) is 11.8 Å². The van der Waals surface area contributed by atoms with Gasteiger partial charge in [0.05, 0.1) is 18.3 Å². The SMILES string of the molecule is CO[C@H]1CN(c2ncc(C(=O)O)s2)CC[C@H]1NC(=O)C1=NC=C(C)C1. The summed E-state index contributed by atoms with van der Waals surface area (Å²) in [6.07, 6.45) is 4.15. The molecule has 8 nitrogen and oxygen atoms in total. The summed E-state index contributed by atoms with van der Waals surface area (Å²) in [5.41, 5.74) is 1.60. The molecule has 2 aliphatic heterocycles. The van der Waals surface area contributed by atoms with Crippen molar-refractivity contribution < 1.29 is 19.4 Å². The van der Waals surface area contributed by atoms with Crippen molar-refractivity contribution in [3.8, 4) is 0 Å². The zero-order valence-corrected chi connectivity index (χ0v) is 14.9. The Hall–Kier alpha value is -2.26. The van der Waals surface area contributed by atoms with Crippen LogP contribution in [0.3, 0.4) is 0 Å². The van der Waals surface area contributed by atoms with Crippen molar-refractivity contribution in [2.75, 3.05) is 25.1 Å². The standard InChI is InChI=1S/C16H20N4O4S/c1-9-5-11(17-6-9)14(21)19-10-3-4-20(8-12(10)24-2)16-18-7-13(25-16)15(22)23/h6-7,10,12H,3-5,8H2,1-2H3,(H,19,21)(H,22,23)/t10-,12+/m1/s1. The Morgan fingerprint density at radius 2 is 2.28 bits per heavy atom. The molecule has 0 saturated carbocycles. The molecular weight excluding hydrogens is 344 g/mol. The minimum atomic E-state index is -0.976. The second-order valence-electron chi connectivity index (χ2n) is 6.13. The number of nitrogens with one attached hydrogen (secondary N) is 1. The van der Waals surface area contributed by atoms with Gasteiger partial charge in [0, 0.05) is 32.8 Å². The topological polar surface area (TPSA) is 104 Å². The Balaban J connectivity index is 1.61. The van der Waals surface area contributed by atoms with E-state index in [0.717, 1.165) is 16.9 Å². The maximum absolute atomic E-state index is 12.3. The first-order chi connectivity index (χ1) is 12.0. The molecule has 2 N–H and O–H groups in total. The molecule has 2 atom stereocenters. The predicted octanol–water partition coefficient (Wildman–Crippen LogP) is 1.30. The molecule has 0 unspecified atom stereocenters. The van der Waals surface area contributed by atoms with Gasteiger partial charge in [-0.15, -0.1) is 0 Å². The van der Waals surface area contributed by atoms with Crippen LogP contribution in [0.15, 0.2) is 23.0 Å². The summed E-state index contributed by atoms with van der Waals surface area (Å²) in [5.74, 6) is -1.13. The number of amides is 1. The second kappa shape index (κ2) is 7.32. The zero-order chi connectivity index (χ0) is 18.0. The number of piperidine rings is 1. The Kier molecular flexibility index (Phi) is 5.14. The summed E-state index contributed by atoms with van der Waals surface area (Å²) in [6.45, 7) is 3.15. The lowest BCUT2D eigenvalue weighted by Crippen LogP contribution is -2.55. The van der Waals surface area contributed by atoms with E-state index in [9.17, 15) is 9.59 Å². The maximum atomic E-state index is 12.3. The number of allylic oxidation sites excluding steroid dienone is 1. The van der Waals surface area contributed by atoms with Gasteiger partial charge in [-0.3, -0.25) is 9.79 Å². The first-order valence-corrected chi connectivity index (χ1v) is 8.79. The van der Waals surface area contributed by atoms with Gasteiger partial charge in [-0.05, 0) is 18.9 Å². The summed E-state index contributed by atoms with van der Waals surface area (Å²) < 4.78 is 5.55. The van der Waals surface area contributed by atoms with Crippen molar-refractivity contribution in [2.45, 2.75) is 31.9 Å². The van der Waals surface area contributed by atoms with E-state index in [2.05, 4.69) is 15.3 Å². The summed E-state index contributed by atoms with van der Waals surface area (Å²) in [5, 5.41) is 12.7. The highest BCUT2D eigenvalue weighted by molar-refractivity contribution is 7.17. The third-order valence-electron chi connectivity index (χ3n) is 4.30. The fraction of sp³-hybridized carbons (Fsp3) is 0.500. The smallest absolute Gasteiger partial charge is 0.347 e. The molecule has 1 fully saturated rings. The first kappa shape index (κ1) is 17.6. The van der Waals surface area contributed by atoms with E-state index in [1.165, 1.54) is 6.20 Å². The van der Waals surface area contributed by atoms with Crippen LogP contribution in [-0.2, 0) is 9.53 Å². The van der Waals surface area contributed by atoms with Crippen molar-refractivity contribution in [3.63, 3.8) is 0 Å². The number of carbonyl (C=O) groups excluding carboxylic acids is 1. The molecule has 134 valence electrons. The van der Waals surface area contributed by atoms with Crippen LogP contribution in [0.2, 0.25) is 0 Å². The zero-order valence-electron chi connectivity index (χ0n) is 14.1. The largest absolute Gasteiger partial charge is 0.477 e. The normalized spacial score (nSPS) is 23.2. The van der Waals surface area contributed by atoms with Crippen LogP contribution in [0, 0.1) is 0 Å². The monoisotopic (exact) mass is 364 g/mol. The number of anilines is 1. The molecule has 1 aromatic rings. The highest BCUT2D eigenvalue weighted by Crippen LogP contribution is 2.26. The number of aromatic nitrogens is 1. The van der Waals surface area contributed by atoms with Crippen molar-refractivity contribution >= 4 is 34.1 Å². The Morgan fingerprint density at radius 1 is 1.48 bits per heavy atom. The highest BCUT2D eigenvalue weighted by atomic mass is 32.1. The number of carboxylic acid groups (broad SMARTS) is 1. The third-order valence-corrected chi connectivity index (χ3v) is 5.35. The van der Waals surface area contributed by atoms with Gasteiger partial charge in [0.2, 0.25) is 0 Å². The number of carbonyl (C=O) groups is 2. The molecule has 3 rings (SSSR count). The van der Waals surface area contributed by atoms with Crippen LogP contribution in [0.25, 0.3) is 0 Å². The number of hydrogen-bond donors (Lipinski definition) is 2. The van der Waals surface area contributed by atoms with Gasteiger partial charge < -0.3 is 20.1 Å². The molecule has 1 saturated heterocycles. The molecule has 1 amide bonds. The predicted molar refractivity (Wildman–Crippen MR) is 94.4 cm³/mol. The lowest BCUT2D eigenvalue weighted by molar-refractivity contribution is -0.116. The van der Waals surface area contributed by atoms with Gasteiger partial charge in [-0.1, -0.05) is 11.3 Å².